The summed E-state index contributed by atoms with van der Waals surface area (Å²) in [6.45, 7) is 4.13. The van der Waals surface area contributed by atoms with Gasteiger partial charge in [-0.15, -0.1) is 36.2 Å². The van der Waals surface area contributed by atoms with Crippen molar-refractivity contribution in [2.45, 2.75) is 51.4 Å². The van der Waals surface area contributed by atoms with Crippen LogP contribution in [-0.4, -0.2) is 30.5 Å². The van der Waals surface area contributed by atoms with Crippen LogP contribution in [0.25, 0.3) is 0 Å². The molecule has 0 unspecified atom stereocenters. The van der Waals surface area contributed by atoms with E-state index in [0.29, 0.717) is 24.3 Å². The summed E-state index contributed by atoms with van der Waals surface area (Å²) < 4.78 is 5.50. The number of amides is 1. The summed E-state index contributed by atoms with van der Waals surface area (Å²) in [5, 5.41) is 7.21. The monoisotopic (exact) mass is 459 g/mol. The zero-order chi connectivity index (χ0) is 18.8. The van der Waals surface area contributed by atoms with Gasteiger partial charge in [0.2, 0.25) is 0 Å². The molecule has 1 saturated heterocycles. The fraction of sp³-hybridized carbons (Fsp3) is 0.550. The Hall–Kier alpha value is -1.41. The van der Waals surface area contributed by atoms with E-state index in [0.717, 1.165) is 43.8 Å². The van der Waals surface area contributed by atoms with Crippen molar-refractivity contribution in [3.8, 4) is 0 Å². The molecule has 0 radical (unpaired) electrons. The standard InChI is InChI=1S/C20H25N3O3S.2ClH/c1-12-11-15(13-5-8-21-9-6-13)26-20(25)18(12)19(24)22-10-7-17-23-14-3-2-4-16(14)27-17;;/h11,13,21H,2-10H2,1H3,(H,22,24);2*1H. The lowest BCUT2D eigenvalue weighted by Crippen LogP contribution is -2.32. The van der Waals surface area contributed by atoms with E-state index in [1.165, 1.54) is 17.0 Å². The number of aromatic nitrogens is 1. The van der Waals surface area contributed by atoms with Crippen LogP contribution in [0, 0.1) is 6.92 Å². The Morgan fingerprint density at radius 1 is 1.31 bits per heavy atom. The number of nitrogens with zero attached hydrogens (tertiary/aromatic N) is 1. The molecule has 1 amide bonds. The van der Waals surface area contributed by atoms with Crippen LogP contribution < -0.4 is 16.3 Å². The van der Waals surface area contributed by atoms with E-state index in [2.05, 4.69) is 15.6 Å². The van der Waals surface area contributed by atoms with Gasteiger partial charge in [-0.1, -0.05) is 0 Å². The largest absolute Gasteiger partial charge is 0.427 e. The van der Waals surface area contributed by atoms with Gasteiger partial charge in [-0.25, -0.2) is 9.78 Å². The number of fused-ring (bicyclic) bond motifs is 1. The molecule has 29 heavy (non-hydrogen) atoms. The Labute approximate surface area is 186 Å². The van der Waals surface area contributed by atoms with Gasteiger partial charge in [0, 0.05) is 23.8 Å². The highest BCUT2D eigenvalue weighted by Gasteiger charge is 2.22. The smallest absolute Gasteiger partial charge is 0.349 e. The molecule has 2 aromatic heterocycles. The third-order valence-corrected chi connectivity index (χ3v) is 6.62. The molecule has 3 heterocycles. The molecule has 0 aromatic carbocycles. The van der Waals surface area contributed by atoms with Crippen LogP contribution in [-0.2, 0) is 19.3 Å². The average Bonchev–Trinajstić information content (AvgIpc) is 3.23. The van der Waals surface area contributed by atoms with Crippen LogP contribution >= 0.6 is 36.2 Å². The zero-order valence-electron chi connectivity index (χ0n) is 16.4. The van der Waals surface area contributed by atoms with Crippen molar-refractivity contribution in [2.24, 2.45) is 0 Å². The number of hydrogen-bond donors (Lipinski definition) is 2. The molecule has 2 aromatic rings. The topological polar surface area (TPSA) is 84.2 Å². The molecule has 1 fully saturated rings. The Balaban J connectivity index is 0.00000150. The summed E-state index contributed by atoms with van der Waals surface area (Å²) in [6.07, 6.45) is 6.00. The van der Waals surface area contributed by atoms with Gasteiger partial charge >= 0.3 is 5.63 Å². The minimum atomic E-state index is -0.533. The first kappa shape index (κ1) is 23.9. The van der Waals surface area contributed by atoms with Gasteiger partial charge in [0.05, 0.1) is 10.7 Å². The minimum Gasteiger partial charge on any atom is -0.427 e. The van der Waals surface area contributed by atoms with Crippen LogP contribution in [0.4, 0.5) is 0 Å². The number of piperidine rings is 1. The quantitative estimate of drug-likeness (QED) is 0.716. The van der Waals surface area contributed by atoms with Gasteiger partial charge in [0.15, 0.2) is 0 Å². The molecule has 0 saturated carbocycles. The molecular weight excluding hydrogens is 433 g/mol. The fourth-order valence-corrected chi connectivity index (χ4v) is 5.09. The van der Waals surface area contributed by atoms with Crippen molar-refractivity contribution in [3.63, 3.8) is 0 Å². The molecule has 9 heteroatoms. The summed E-state index contributed by atoms with van der Waals surface area (Å²) >= 11 is 1.75. The van der Waals surface area contributed by atoms with Crippen LogP contribution in [0.3, 0.4) is 0 Å². The first-order valence-electron chi connectivity index (χ1n) is 9.73. The second kappa shape index (κ2) is 10.6. The molecule has 2 N–H and O–H groups in total. The van der Waals surface area contributed by atoms with Crippen molar-refractivity contribution in [2.75, 3.05) is 19.6 Å². The lowest BCUT2D eigenvalue weighted by atomic mass is 9.94. The molecule has 0 spiro atoms. The van der Waals surface area contributed by atoms with Crippen molar-refractivity contribution < 1.29 is 9.21 Å². The van der Waals surface area contributed by atoms with Crippen molar-refractivity contribution in [1.82, 2.24) is 15.6 Å². The summed E-state index contributed by atoms with van der Waals surface area (Å²) in [5.74, 6) is 0.594. The highest BCUT2D eigenvalue weighted by molar-refractivity contribution is 7.11. The van der Waals surface area contributed by atoms with E-state index in [1.807, 2.05) is 13.0 Å². The second-order valence-corrected chi connectivity index (χ2v) is 8.52. The molecule has 1 aliphatic carbocycles. The van der Waals surface area contributed by atoms with E-state index < -0.39 is 5.63 Å². The van der Waals surface area contributed by atoms with Gasteiger partial charge in [-0.3, -0.25) is 4.79 Å². The first-order valence-corrected chi connectivity index (χ1v) is 10.5. The molecule has 0 bridgehead atoms. The number of aryl methyl sites for hydroxylation is 3. The van der Waals surface area contributed by atoms with Gasteiger partial charge in [-0.05, 0) is 63.7 Å². The van der Waals surface area contributed by atoms with Crippen LogP contribution in [0.5, 0.6) is 0 Å². The normalized spacial score (nSPS) is 15.9. The maximum atomic E-state index is 12.5. The lowest BCUT2D eigenvalue weighted by molar-refractivity contribution is 0.0949. The van der Waals surface area contributed by atoms with Crippen LogP contribution in [0.2, 0.25) is 0 Å². The van der Waals surface area contributed by atoms with Crippen molar-refractivity contribution in [1.29, 1.82) is 0 Å². The minimum absolute atomic E-state index is 0. The van der Waals surface area contributed by atoms with Crippen LogP contribution in [0.15, 0.2) is 15.3 Å². The summed E-state index contributed by atoms with van der Waals surface area (Å²) in [4.78, 5) is 31.0. The Morgan fingerprint density at radius 2 is 2.07 bits per heavy atom. The summed E-state index contributed by atoms with van der Waals surface area (Å²) in [7, 11) is 0. The van der Waals surface area contributed by atoms with Gasteiger partial charge in [-0.2, -0.15) is 0 Å². The molecule has 2 aliphatic rings. The molecule has 160 valence electrons. The van der Waals surface area contributed by atoms with Gasteiger partial charge in [0.1, 0.15) is 11.3 Å². The number of hydrogen-bond acceptors (Lipinski definition) is 6. The SMILES string of the molecule is Cc1cc(C2CCNCC2)oc(=O)c1C(=O)NCCc1nc2c(s1)CCC2.Cl.Cl. The zero-order valence-corrected chi connectivity index (χ0v) is 18.9. The van der Waals surface area contributed by atoms with E-state index in [4.69, 9.17) is 4.42 Å². The number of carbonyl (C=O) groups excluding carboxylic acids is 1. The Bertz CT molecular complexity index is 885. The van der Waals surface area contributed by atoms with E-state index >= 15 is 0 Å². The third kappa shape index (κ3) is 5.40. The number of nitrogens with one attached hydrogen (secondary N) is 2. The summed E-state index contributed by atoms with van der Waals surface area (Å²) in [5.41, 5.74) is 1.50. The van der Waals surface area contributed by atoms with E-state index in [-0.39, 0.29) is 42.2 Å². The molecule has 0 atom stereocenters. The third-order valence-electron chi connectivity index (χ3n) is 5.40. The highest BCUT2D eigenvalue weighted by Crippen LogP contribution is 2.28. The average molecular weight is 460 g/mol. The lowest BCUT2D eigenvalue weighted by Gasteiger charge is -2.21. The van der Waals surface area contributed by atoms with Crippen molar-refractivity contribution >= 4 is 42.1 Å². The van der Waals surface area contributed by atoms with Crippen LogP contribution in [0.1, 0.15) is 62.4 Å². The Morgan fingerprint density at radius 3 is 2.76 bits per heavy atom. The fourth-order valence-electron chi connectivity index (χ4n) is 3.94. The van der Waals surface area contributed by atoms with E-state index in [1.54, 1.807) is 11.3 Å². The Kier molecular flexibility index (Phi) is 8.70. The maximum Gasteiger partial charge on any atom is 0.349 e. The maximum absolute atomic E-state index is 12.5. The predicted octanol–water partition coefficient (Wildman–Crippen LogP) is 3.18. The predicted molar refractivity (Wildman–Crippen MR) is 119 cm³/mol. The number of halogens is 2. The van der Waals surface area contributed by atoms with Gasteiger partial charge in [0.25, 0.3) is 5.91 Å². The molecule has 4 rings (SSSR count). The van der Waals surface area contributed by atoms with Crippen molar-refractivity contribution in [3.05, 3.63) is 49.0 Å². The number of rotatable bonds is 5. The number of carbonyl (C=O) groups is 1. The molecule has 1 aliphatic heterocycles. The summed E-state index contributed by atoms with van der Waals surface area (Å²) in [6, 6.07) is 1.86. The second-order valence-electron chi connectivity index (χ2n) is 7.36. The first-order chi connectivity index (χ1) is 13.1. The molecular formula is C20H27Cl2N3O3S. The molecule has 6 nitrogen and oxygen atoms in total. The highest BCUT2D eigenvalue weighted by atomic mass is 35.5. The van der Waals surface area contributed by atoms with Gasteiger partial charge < -0.3 is 15.1 Å². The number of thiazole rings is 1. The van der Waals surface area contributed by atoms with E-state index in [9.17, 15) is 9.59 Å².